The zero-order chi connectivity index (χ0) is 15.3. The number of likely N-dealkylation sites (N-methyl/N-ethyl adjacent to an activating group) is 2. The highest BCUT2D eigenvalue weighted by Crippen LogP contribution is 2.18. The molecule has 0 saturated heterocycles. The van der Waals surface area contributed by atoms with E-state index in [1.807, 2.05) is 0 Å². The number of anilines is 1. The summed E-state index contributed by atoms with van der Waals surface area (Å²) in [5.41, 5.74) is 0.679. The molecule has 0 aliphatic carbocycles. The molecule has 6 nitrogen and oxygen atoms in total. The third-order valence-electron chi connectivity index (χ3n) is 3.03. The van der Waals surface area contributed by atoms with E-state index in [1.165, 1.54) is 11.9 Å². The summed E-state index contributed by atoms with van der Waals surface area (Å²) in [4.78, 5) is 13.5. The van der Waals surface area contributed by atoms with Crippen LogP contribution in [0.5, 0.6) is 5.75 Å². The molecule has 0 fully saturated rings. The van der Waals surface area contributed by atoms with Crippen LogP contribution in [0.25, 0.3) is 0 Å². The molecule has 0 aliphatic heterocycles. The van der Waals surface area contributed by atoms with Crippen molar-refractivity contribution in [3.63, 3.8) is 0 Å². The largest absolute Gasteiger partial charge is 0.497 e. The summed E-state index contributed by atoms with van der Waals surface area (Å²) >= 11 is 0. The van der Waals surface area contributed by atoms with Crippen molar-refractivity contribution < 1.29 is 17.9 Å². The summed E-state index contributed by atoms with van der Waals surface area (Å²) in [6.45, 7) is 1.36. The van der Waals surface area contributed by atoms with Crippen molar-refractivity contribution in [1.29, 1.82) is 0 Å². The molecule has 0 atom stereocenters. The first kappa shape index (κ1) is 16.5. The Morgan fingerprint density at radius 3 is 2.20 bits per heavy atom. The van der Waals surface area contributed by atoms with Crippen molar-refractivity contribution in [1.82, 2.24) is 4.31 Å². The first-order chi connectivity index (χ1) is 9.31. The average molecular weight is 300 g/mol. The Morgan fingerprint density at radius 1 is 1.20 bits per heavy atom. The summed E-state index contributed by atoms with van der Waals surface area (Å²) in [5.74, 6) is 0.373. The van der Waals surface area contributed by atoms with Gasteiger partial charge in [0.2, 0.25) is 15.9 Å². The molecule has 112 valence electrons. The van der Waals surface area contributed by atoms with Gasteiger partial charge in [-0.25, -0.2) is 8.42 Å². The fourth-order valence-corrected chi connectivity index (χ4v) is 2.31. The normalized spacial score (nSPS) is 11.4. The molecule has 0 N–H and O–H groups in total. The molecule has 0 aliphatic rings. The van der Waals surface area contributed by atoms with Crippen LogP contribution >= 0.6 is 0 Å². The Balaban J connectivity index is 2.76. The Kier molecular flexibility index (Phi) is 5.52. The molecule has 0 radical (unpaired) electrons. The number of rotatable bonds is 6. The van der Waals surface area contributed by atoms with E-state index in [-0.39, 0.29) is 18.2 Å². The van der Waals surface area contributed by atoms with Gasteiger partial charge in [0, 0.05) is 19.8 Å². The molecule has 0 spiro atoms. The van der Waals surface area contributed by atoms with Crippen LogP contribution in [0.4, 0.5) is 5.69 Å². The third kappa shape index (κ3) is 3.94. The van der Waals surface area contributed by atoms with Crippen molar-refractivity contribution in [3.05, 3.63) is 24.3 Å². The number of sulfonamides is 1. The van der Waals surface area contributed by atoms with Gasteiger partial charge in [0.25, 0.3) is 0 Å². The minimum absolute atomic E-state index is 0.0248. The minimum Gasteiger partial charge on any atom is -0.497 e. The number of amides is 1. The van der Waals surface area contributed by atoms with Crippen LogP contribution < -0.4 is 9.64 Å². The maximum atomic E-state index is 12.1. The van der Waals surface area contributed by atoms with E-state index in [1.54, 1.807) is 45.3 Å². The zero-order valence-corrected chi connectivity index (χ0v) is 13.0. The number of benzene rings is 1. The molecule has 1 amide bonds. The minimum atomic E-state index is -3.35. The second-order valence-corrected chi connectivity index (χ2v) is 6.67. The van der Waals surface area contributed by atoms with E-state index in [0.717, 1.165) is 4.31 Å². The van der Waals surface area contributed by atoms with Gasteiger partial charge in [-0.3, -0.25) is 4.79 Å². The number of nitrogens with zero attached hydrogens (tertiary/aromatic N) is 2. The van der Waals surface area contributed by atoms with Crippen LogP contribution in [-0.2, 0) is 14.8 Å². The molecule has 1 aromatic rings. The number of carbonyl (C=O) groups is 1. The molecule has 1 rings (SSSR count). The molecule has 7 heteroatoms. The topological polar surface area (TPSA) is 66.9 Å². The highest BCUT2D eigenvalue weighted by molar-refractivity contribution is 7.89. The van der Waals surface area contributed by atoms with Crippen LogP contribution in [-0.4, -0.2) is 52.1 Å². The quantitative estimate of drug-likeness (QED) is 0.784. The van der Waals surface area contributed by atoms with E-state index in [0.29, 0.717) is 11.4 Å². The molecule has 20 heavy (non-hydrogen) atoms. The highest BCUT2D eigenvalue weighted by atomic mass is 32.2. The fraction of sp³-hybridized carbons (Fsp3) is 0.462. The molecular formula is C13H20N2O4S. The van der Waals surface area contributed by atoms with Crippen LogP contribution in [0.2, 0.25) is 0 Å². The Hall–Kier alpha value is -1.60. The molecule has 1 aromatic carbocycles. The summed E-state index contributed by atoms with van der Waals surface area (Å²) < 4.78 is 29.3. The summed E-state index contributed by atoms with van der Waals surface area (Å²) in [6, 6.07) is 6.97. The number of hydrogen-bond acceptors (Lipinski definition) is 4. The number of methoxy groups -OCH3 is 1. The highest BCUT2D eigenvalue weighted by Gasteiger charge is 2.20. The molecule has 0 saturated carbocycles. The number of ether oxygens (including phenoxy) is 1. The maximum Gasteiger partial charge on any atom is 0.242 e. The van der Waals surface area contributed by atoms with Crippen molar-refractivity contribution in [2.24, 2.45) is 0 Å². The summed E-state index contributed by atoms with van der Waals surface area (Å²) in [5, 5.41) is 0. The molecule has 0 unspecified atom stereocenters. The van der Waals surface area contributed by atoms with Crippen LogP contribution in [0, 0.1) is 0 Å². The predicted octanol–water partition coefficient (Wildman–Crippen LogP) is 0.939. The van der Waals surface area contributed by atoms with Crippen molar-refractivity contribution in [2.45, 2.75) is 6.92 Å². The van der Waals surface area contributed by atoms with Crippen molar-refractivity contribution >= 4 is 21.6 Å². The first-order valence-corrected chi connectivity index (χ1v) is 7.77. The number of hydrogen-bond donors (Lipinski definition) is 0. The smallest absolute Gasteiger partial charge is 0.242 e. The van der Waals surface area contributed by atoms with E-state index in [2.05, 4.69) is 0 Å². The van der Waals surface area contributed by atoms with Gasteiger partial charge in [-0.1, -0.05) is 0 Å². The Morgan fingerprint density at radius 2 is 1.75 bits per heavy atom. The van der Waals surface area contributed by atoms with Crippen molar-refractivity contribution in [2.75, 3.05) is 38.4 Å². The maximum absolute atomic E-state index is 12.1. The van der Waals surface area contributed by atoms with E-state index >= 15 is 0 Å². The lowest BCUT2D eigenvalue weighted by atomic mass is 10.3. The lowest BCUT2D eigenvalue weighted by Gasteiger charge is -2.21. The molecular weight excluding hydrogens is 280 g/mol. The van der Waals surface area contributed by atoms with E-state index < -0.39 is 10.0 Å². The monoisotopic (exact) mass is 300 g/mol. The van der Waals surface area contributed by atoms with Gasteiger partial charge in [-0.2, -0.15) is 4.31 Å². The van der Waals surface area contributed by atoms with Crippen molar-refractivity contribution in [3.8, 4) is 5.75 Å². The standard InChI is InChI=1S/C13H20N2O4S/c1-5-20(17,18)14(2)10-13(16)15(3)11-6-8-12(19-4)9-7-11/h6-9H,5,10H2,1-4H3. The Labute approximate surface area is 120 Å². The Bertz CT molecular complexity index is 554. The van der Waals surface area contributed by atoms with Crippen LogP contribution in [0.1, 0.15) is 6.92 Å². The zero-order valence-electron chi connectivity index (χ0n) is 12.2. The van der Waals surface area contributed by atoms with E-state index in [4.69, 9.17) is 4.74 Å². The van der Waals surface area contributed by atoms with Crippen LogP contribution in [0.3, 0.4) is 0 Å². The van der Waals surface area contributed by atoms with Gasteiger partial charge < -0.3 is 9.64 Å². The predicted molar refractivity (Wildman–Crippen MR) is 78.5 cm³/mol. The van der Waals surface area contributed by atoms with Gasteiger partial charge in [-0.15, -0.1) is 0 Å². The SMILES string of the molecule is CCS(=O)(=O)N(C)CC(=O)N(C)c1ccc(OC)cc1. The van der Waals surface area contributed by atoms with E-state index in [9.17, 15) is 13.2 Å². The summed E-state index contributed by atoms with van der Waals surface area (Å²) in [6.07, 6.45) is 0. The van der Waals surface area contributed by atoms with Gasteiger partial charge in [0.15, 0.2) is 0 Å². The lowest BCUT2D eigenvalue weighted by molar-refractivity contribution is -0.118. The first-order valence-electron chi connectivity index (χ1n) is 6.16. The van der Waals surface area contributed by atoms with Crippen LogP contribution in [0.15, 0.2) is 24.3 Å². The second kappa shape index (κ2) is 6.71. The molecule has 0 bridgehead atoms. The number of carbonyl (C=O) groups excluding carboxylic acids is 1. The molecule has 0 heterocycles. The second-order valence-electron chi connectivity index (χ2n) is 4.31. The van der Waals surface area contributed by atoms with Gasteiger partial charge in [0.05, 0.1) is 19.4 Å². The van der Waals surface area contributed by atoms with Gasteiger partial charge in [0.1, 0.15) is 5.75 Å². The van der Waals surface area contributed by atoms with Gasteiger partial charge >= 0.3 is 0 Å². The fourth-order valence-electron chi connectivity index (χ4n) is 1.57. The molecule has 0 aromatic heterocycles. The van der Waals surface area contributed by atoms with Gasteiger partial charge in [-0.05, 0) is 31.2 Å². The average Bonchev–Trinajstić information content (AvgIpc) is 2.46. The summed E-state index contributed by atoms with van der Waals surface area (Å²) in [7, 11) is 1.22. The third-order valence-corrected chi connectivity index (χ3v) is 4.84. The lowest BCUT2D eigenvalue weighted by Crippen LogP contribution is -2.39.